The van der Waals surface area contributed by atoms with Crippen molar-refractivity contribution in [3.63, 3.8) is 0 Å². The Morgan fingerprint density at radius 3 is 1.86 bits per heavy atom. The normalized spacial score (nSPS) is 59.8. The van der Waals surface area contributed by atoms with E-state index in [2.05, 4.69) is 6.58 Å². The Balaban J connectivity index is 1.07. The molecule has 8 saturated carbocycles. The standard InChI is InChI=1S/C30H40O7/c1-15(2)27(31)32-14-28-26(36-30(37-28)22-9-18-4-19(11-22)12-23(30)10-18)25-24(13-33-28)34-29(35-25)20-5-16-3-17(7-20)8-21(29)6-16/h16-26H,1,3-14H2,2H3/t16?,17?,18?,19?,20?,21?,22?,23?,24-,25-,26+,28-,29?,30?/m1/s1. The fraction of sp³-hybridized carbons (Fsp3) is 0.900. The molecule has 7 heteroatoms. The third-order valence-electron chi connectivity index (χ3n) is 12.2. The first kappa shape index (κ1) is 22.8. The highest BCUT2D eigenvalue weighted by Gasteiger charge is 2.75. The molecular weight excluding hydrogens is 472 g/mol. The fourth-order valence-electron chi connectivity index (χ4n) is 11.2. The van der Waals surface area contributed by atoms with E-state index in [0.29, 0.717) is 35.9 Å². The second kappa shape index (κ2) is 7.39. The molecule has 0 unspecified atom stereocenters. The summed E-state index contributed by atoms with van der Waals surface area (Å²) in [5, 5.41) is 0. The lowest BCUT2D eigenvalue weighted by molar-refractivity contribution is -0.346. The minimum Gasteiger partial charge on any atom is -0.456 e. The molecule has 0 aromatic carbocycles. The third-order valence-corrected chi connectivity index (χ3v) is 12.2. The fourth-order valence-corrected chi connectivity index (χ4v) is 11.2. The van der Waals surface area contributed by atoms with Gasteiger partial charge in [-0.3, -0.25) is 0 Å². The van der Waals surface area contributed by atoms with Crippen LogP contribution in [-0.4, -0.2) is 54.9 Å². The van der Waals surface area contributed by atoms with Crippen LogP contribution in [0, 0.1) is 47.3 Å². The predicted octanol–water partition coefficient (Wildman–Crippen LogP) is 4.34. The Kier molecular flexibility index (Phi) is 4.55. The number of carbonyl (C=O) groups is 1. The molecule has 0 radical (unpaired) electrons. The maximum Gasteiger partial charge on any atom is 0.333 e. The van der Waals surface area contributed by atoms with Crippen LogP contribution in [0.1, 0.15) is 71.1 Å². The maximum absolute atomic E-state index is 12.5. The van der Waals surface area contributed by atoms with E-state index in [1.807, 2.05) is 0 Å². The molecule has 8 aliphatic carbocycles. The summed E-state index contributed by atoms with van der Waals surface area (Å²) < 4.78 is 40.6. The van der Waals surface area contributed by atoms with Crippen molar-refractivity contribution in [2.24, 2.45) is 47.3 Å². The molecule has 11 rings (SSSR count). The molecule has 0 aromatic rings. The van der Waals surface area contributed by atoms with Gasteiger partial charge >= 0.3 is 5.97 Å². The summed E-state index contributed by atoms with van der Waals surface area (Å²) in [4.78, 5) is 12.5. The zero-order valence-corrected chi connectivity index (χ0v) is 21.9. The lowest BCUT2D eigenvalue weighted by Crippen LogP contribution is -2.61. The molecule has 0 amide bonds. The quantitative estimate of drug-likeness (QED) is 0.412. The molecule has 8 bridgehead atoms. The first-order valence-corrected chi connectivity index (χ1v) is 15.1. The number of hydrogen-bond donors (Lipinski definition) is 0. The van der Waals surface area contributed by atoms with Gasteiger partial charge in [-0.15, -0.1) is 0 Å². The van der Waals surface area contributed by atoms with Gasteiger partial charge < -0.3 is 28.4 Å². The van der Waals surface area contributed by atoms with Gasteiger partial charge in [0.25, 0.3) is 0 Å². The van der Waals surface area contributed by atoms with E-state index < -0.39 is 29.4 Å². The van der Waals surface area contributed by atoms with Crippen LogP contribution in [0.2, 0.25) is 0 Å². The third kappa shape index (κ3) is 2.93. The summed E-state index contributed by atoms with van der Waals surface area (Å²) in [6, 6.07) is 0. The Labute approximate surface area is 218 Å². The van der Waals surface area contributed by atoms with E-state index in [9.17, 15) is 4.79 Å². The summed E-state index contributed by atoms with van der Waals surface area (Å²) in [5.41, 5.74) is 0.373. The van der Waals surface area contributed by atoms with Gasteiger partial charge in [0.1, 0.15) is 24.9 Å². The molecule has 11 aliphatic rings. The maximum atomic E-state index is 12.5. The van der Waals surface area contributed by atoms with Gasteiger partial charge in [0.2, 0.25) is 5.79 Å². The Bertz CT molecular complexity index is 981. The monoisotopic (exact) mass is 512 g/mol. The van der Waals surface area contributed by atoms with E-state index in [-0.39, 0.29) is 18.8 Å². The minimum absolute atomic E-state index is 0.00596. The van der Waals surface area contributed by atoms with Crippen LogP contribution < -0.4 is 0 Å². The molecule has 0 N–H and O–H groups in total. The Morgan fingerprint density at radius 1 is 0.784 bits per heavy atom. The minimum atomic E-state index is -1.16. The van der Waals surface area contributed by atoms with Crippen molar-refractivity contribution in [1.82, 2.24) is 0 Å². The molecule has 3 saturated heterocycles. The van der Waals surface area contributed by atoms with Crippen molar-refractivity contribution in [1.29, 1.82) is 0 Å². The SMILES string of the molecule is C=C(C)C(=O)OC[C@]12OC[C@H]3OC4(O[C@H]3[C@@H]1OC1(O2)C2CC3CC(C2)CC1C3)C1CC2CC(C1)CC4C2. The number of fused-ring (bicyclic) bond motifs is 3. The van der Waals surface area contributed by atoms with Crippen LogP contribution in [0.3, 0.4) is 0 Å². The highest BCUT2D eigenvalue weighted by atomic mass is 16.9. The van der Waals surface area contributed by atoms with Crippen molar-refractivity contribution >= 4 is 5.97 Å². The van der Waals surface area contributed by atoms with Gasteiger partial charge in [-0.25, -0.2) is 4.79 Å². The van der Waals surface area contributed by atoms with Crippen LogP contribution in [-0.2, 0) is 33.2 Å². The second-order valence-corrected chi connectivity index (χ2v) is 14.4. The summed E-state index contributed by atoms with van der Waals surface area (Å²) in [6.45, 7) is 5.81. The summed E-state index contributed by atoms with van der Waals surface area (Å²) in [7, 11) is 0. The Morgan fingerprint density at radius 2 is 1.32 bits per heavy atom. The van der Waals surface area contributed by atoms with Gasteiger partial charge in [-0.05, 0) is 94.8 Å². The number of hydrogen-bond acceptors (Lipinski definition) is 7. The van der Waals surface area contributed by atoms with Gasteiger partial charge in [-0.1, -0.05) is 6.58 Å². The molecule has 2 spiro atoms. The summed E-state index contributed by atoms with van der Waals surface area (Å²) >= 11 is 0. The van der Waals surface area contributed by atoms with Crippen molar-refractivity contribution in [2.45, 2.75) is 107 Å². The molecule has 0 aromatic heterocycles. The molecule has 7 nitrogen and oxygen atoms in total. The molecular formula is C30H40O7. The smallest absolute Gasteiger partial charge is 0.333 e. The largest absolute Gasteiger partial charge is 0.456 e. The molecule has 11 fully saturated rings. The van der Waals surface area contributed by atoms with Gasteiger partial charge in [0.05, 0.1) is 6.61 Å². The zero-order chi connectivity index (χ0) is 24.7. The number of ether oxygens (including phenoxy) is 6. The second-order valence-electron chi connectivity index (χ2n) is 14.4. The highest BCUT2D eigenvalue weighted by Crippen LogP contribution is 2.67. The van der Waals surface area contributed by atoms with E-state index in [0.717, 1.165) is 49.4 Å². The molecule has 3 heterocycles. The van der Waals surface area contributed by atoms with E-state index >= 15 is 0 Å². The number of carbonyl (C=O) groups excluding carboxylic acids is 1. The summed E-state index contributed by atoms with van der Waals surface area (Å²) in [5.74, 6) is 2.12. The van der Waals surface area contributed by atoms with Crippen molar-refractivity contribution < 1.29 is 33.2 Å². The van der Waals surface area contributed by atoms with E-state index in [4.69, 9.17) is 28.4 Å². The topological polar surface area (TPSA) is 72.5 Å². The average Bonchev–Trinajstić information content (AvgIpc) is 3.42. The van der Waals surface area contributed by atoms with Crippen LogP contribution in [0.4, 0.5) is 0 Å². The average molecular weight is 513 g/mol. The number of esters is 1. The zero-order valence-electron chi connectivity index (χ0n) is 21.9. The lowest BCUT2D eigenvalue weighted by atomic mass is 9.53. The highest BCUT2D eigenvalue weighted by molar-refractivity contribution is 5.86. The van der Waals surface area contributed by atoms with Crippen LogP contribution >= 0.6 is 0 Å². The van der Waals surface area contributed by atoms with E-state index in [1.165, 1.54) is 38.5 Å². The predicted molar refractivity (Wildman–Crippen MR) is 130 cm³/mol. The first-order chi connectivity index (χ1) is 17.9. The van der Waals surface area contributed by atoms with Crippen molar-refractivity contribution in [3.8, 4) is 0 Å². The molecule has 37 heavy (non-hydrogen) atoms. The van der Waals surface area contributed by atoms with Crippen LogP contribution in [0.25, 0.3) is 0 Å². The summed E-state index contributed by atoms with van der Waals surface area (Å²) in [6.07, 6.45) is 11.3. The first-order valence-electron chi connectivity index (χ1n) is 15.1. The Hall–Kier alpha value is -0.990. The number of rotatable bonds is 3. The van der Waals surface area contributed by atoms with Gasteiger partial charge in [-0.2, -0.15) is 0 Å². The van der Waals surface area contributed by atoms with Crippen molar-refractivity contribution in [2.75, 3.05) is 13.2 Å². The van der Waals surface area contributed by atoms with Gasteiger partial charge in [0.15, 0.2) is 11.6 Å². The lowest BCUT2D eigenvalue weighted by Gasteiger charge is -2.58. The van der Waals surface area contributed by atoms with Crippen LogP contribution in [0.5, 0.6) is 0 Å². The van der Waals surface area contributed by atoms with E-state index in [1.54, 1.807) is 6.92 Å². The molecule has 4 atom stereocenters. The molecule has 202 valence electrons. The molecule has 3 aliphatic heterocycles. The van der Waals surface area contributed by atoms with Gasteiger partial charge in [0, 0.05) is 29.2 Å². The van der Waals surface area contributed by atoms with Crippen LogP contribution in [0.15, 0.2) is 12.2 Å². The van der Waals surface area contributed by atoms with Crippen molar-refractivity contribution in [3.05, 3.63) is 12.2 Å².